The predicted octanol–water partition coefficient (Wildman–Crippen LogP) is 3.44. The minimum atomic E-state index is -0.422. The number of anilines is 1. The van der Waals surface area contributed by atoms with Gasteiger partial charge in [-0.2, -0.15) is 0 Å². The predicted molar refractivity (Wildman–Crippen MR) is 119 cm³/mol. The van der Waals surface area contributed by atoms with Crippen molar-refractivity contribution in [3.63, 3.8) is 0 Å². The maximum atomic E-state index is 13.3. The van der Waals surface area contributed by atoms with Gasteiger partial charge in [0.05, 0.1) is 27.4 Å². The van der Waals surface area contributed by atoms with Crippen molar-refractivity contribution >= 4 is 17.6 Å². The van der Waals surface area contributed by atoms with E-state index in [1.807, 2.05) is 48.5 Å². The lowest BCUT2D eigenvalue weighted by atomic mass is 10.0. The van der Waals surface area contributed by atoms with Crippen LogP contribution in [0, 0.1) is 0 Å². The van der Waals surface area contributed by atoms with Gasteiger partial charge in [-0.1, -0.05) is 24.3 Å². The number of rotatable bonds is 9. The molecule has 7 nitrogen and oxygen atoms in total. The highest BCUT2D eigenvalue weighted by Crippen LogP contribution is 2.38. The van der Waals surface area contributed by atoms with Crippen molar-refractivity contribution in [2.75, 3.05) is 45.4 Å². The van der Waals surface area contributed by atoms with Crippen molar-refractivity contribution < 1.29 is 23.8 Å². The van der Waals surface area contributed by atoms with Crippen LogP contribution in [-0.4, -0.2) is 57.2 Å². The Hall–Kier alpha value is -3.06. The minimum absolute atomic E-state index is 0.0602. The fourth-order valence-corrected chi connectivity index (χ4v) is 3.99. The van der Waals surface area contributed by atoms with E-state index in [2.05, 4.69) is 4.90 Å². The number of para-hydroxylation sites is 1. The quantitative estimate of drug-likeness (QED) is 0.572. The Morgan fingerprint density at radius 2 is 1.87 bits per heavy atom. The van der Waals surface area contributed by atoms with Crippen LogP contribution in [0.25, 0.3) is 0 Å². The second-order valence-electron chi connectivity index (χ2n) is 7.36. The molecule has 0 radical (unpaired) electrons. The van der Waals surface area contributed by atoms with Gasteiger partial charge in [-0.15, -0.1) is 0 Å². The second-order valence-corrected chi connectivity index (χ2v) is 7.36. The number of hydrogen-bond donors (Lipinski definition) is 0. The standard InChI is InChI=1S/C24H30N2O5/c1-4-31-24(28)17-26(18-9-6-5-7-10-18)23(27)16-25-14-8-11-21(25)20-13-12-19(29-2)15-22(20)30-3/h5-7,9-10,12-13,15,21H,4,8,11,14,16-17H2,1-3H3/t21-/m1/s1. The van der Waals surface area contributed by atoms with Crippen LogP contribution >= 0.6 is 0 Å². The SMILES string of the molecule is CCOC(=O)CN(C(=O)CN1CCC[C@@H]1c1ccc(OC)cc1OC)c1ccccc1. The summed E-state index contributed by atoms with van der Waals surface area (Å²) in [5.41, 5.74) is 1.71. The van der Waals surface area contributed by atoms with Gasteiger partial charge >= 0.3 is 5.97 Å². The van der Waals surface area contributed by atoms with Gasteiger partial charge in [0.1, 0.15) is 18.0 Å². The van der Waals surface area contributed by atoms with Gasteiger partial charge in [-0.05, 0) is 44.5 Å². The van der Waals surface area contributed by atoms with E-state index in [-0.39, 0.29) is 31.6 Å². The third kappa shape index (κ3) is 5.55. The summed E-state index contributed by atoms with van der Waals surface area (Å²) in [5, 5.41) is 0. The molecule has 166 valence electrons. The normalized spacial score (nSPS) is 16.0. The maximum absolute atomic E-state index is 13.3. The van der Waals surface area contributed by atoms with Crippen molar-refractivity contribution in [2.24, 2.45) is 0 Å². The number of likely N-dealkylation sites (tertiary alicyclic amines) is 1. The molecule has 1 fully saturated rings. The molecule has 1 aliphatic heterocycles. The van der Waals surface area contributed by atoms with Gasteiger partial charge in [-0.3, -0.25) is 14.5 Å². The zero-order valence-electron chi connectivity index (χ0n) is 18.4. The van der Waals surface area contributed by atoms with Crippen LogP contribution < -0.4 is 14.4 Å². The number of benzene rings is 2. The molecule has 0 aromatic heterocycles. The number of ether oxygens (including phenoxy) is 3. The molecule has 1 aliphatic rings. The highest BCUT2D eigenvalue weighted by molar-refractivity contribution is 5.98. The first-order valence-electron chi connectivity index (χ1n) is 10.5. The van der Waals surface area contributed by atoms with E-state index in [9.17, 15) is 9.59 Å². The fourth-order valence-electron chi connectivity index (χ4n) is 3.99. The van der Waals surface area contributed by atoms with Crippen molar-refractivity contribution in [3.8, 4) is 11.5 Å². The van der Waals surface area contributed by atoms with Crippen molar-refractivity contribution in [3.05, 3.63) is 54.1 Å². The lowest BCUT2D eigenvalue weighted by Crippen LogP contribution is -2.43. The van der Waals surface area contributed by atoms with Crippen molar-refractivity contribution in [1.82, 2.24) is 4.90 Å². The van der Waals surface area contributed by atoms with Gasteiger partial charge in [0, 0.05) is 23.4 Å². The van der Waals surface area contributed by atoms with Gasteiger partial charge in [0.2, 0.25) is 5.91 Å². The molecule has 3 rings (SSSR count). The molecule has 1 heterocycles. The summed E-state index contributed by atoms with van der Waals surface area (Å²) >= 11 is 0. The Bertz CT molecular complexity index is 887. The summed E-state index contributed by atoms with van der Waals surface area (Å²) in [5.74, 6) is 0.911. The summed E-state index contributed by atoms with van der Waals surface area (Å²) in [7, 11) is 3.26. The van der Waals surface area contributed by atoms with Gasteiger partial charge in [0.15, 0.2) is 0 Å². The highest BCUT2D eigenvalue weighted by atomic mass is 16.5. The molecular formula is C24H30N2O5. The Labute approximate surface area is 183 Å². The largest absolute Gasteiger partial charge is 0.497 e. The van der Waals surface area contributed by atoms with Gasteiger partial charge < -0.3 is 19.1 Å². The molecule has 1 atom stereocenters. The number of methoxy groups -OCH3 is 2. The second kappa shape index (κ2) is 10.8. The molecule has 0 spiro atoms. The minimum Gasteiger partial charge on any atom is -0.497 e. The molecule has 0 unspecified atom stereocenters. The van der Waals surface area contributed by atoms with E-state index in [0.29, 0.717) is 5.69 Å². The van der Waals surface area contributed by atoms with E-state index in [4.69, 9.17) is 14.2 Å². The molecule has 0 N–H and O–H groups in total. The zero-order valence-corrected chi connectivity index (χ0v) is 18.4. The van der Waals surface area contributed by atoms with E-state index < -0.39 is 5.97 Å². The smallest absolute Gasteiger partial charge is 0.326 e. The molecule has 0 saturated carbocycles. The third-order valence-electron chi connectivity index (χ3n) is 5.46. The molecular weight excluding hydrogens is 396 g/mol. The number of carbonyl (C=O) groups is 2. The Morgan fingerprint density at radius 1 is 1.10 bits per heavy atom. The first-order chi connectivity index (χ1) is 15.1. The van der Waals surface area contributed by atoms with E-state index in [1.54, 1.807) is 21.1 Å². The van der Waals surface area contributed by atoms with Crippen LogP contribution in [0.15, 0.2) is 48.5 Å². The molecule has 31 heavy (non-hydrogen) atoms. The molecule has 0 aliphatic carbocycles. The van der Waals surface area contributed by atoms with Crippen LogP contribution in [-0.2, 0) is 14.3 Å². The van der Waals surface area contributed by atoms with Crippen LogP contribution in [0.5, 0.6) is 11.5 Å². The van der Waals surface area contributed by atoms with Gasteiger partial charge in [-0.25, -0.2) is 0 Å². The van der Waals surface area contributed by atoms with Crippen molar-refractivity contribution in [2.45, 2.75) is 25.8 Å². The Kier molecular flexibility index (Phi) is 7.89. The summed E-state index contributed by atoms with van der Waals surface area (Å²) in [6.45, 7) is 2.92. The summed E-state index contributed by atoms with van der Waals surface area (Å²) in [6, 6.07) is 15.1. The first-order valence-corrected chi connectivity index (χ1v) is 10.5. The average molecular weight is 427 g/mol. The third-order valence-corrected chi connectivity index (χ3v) is 5.46. The first kappa shape index (κ1) is 22.6. The molecule has 7 heteroatoms. The molecule has 1 amide bonds. The average Bonchev–Trinajstić information content (AvgIpc) is 3.25. The number of esters is 1. The van der Waals surface area contributed by atoms with E-state index >= 15 is 0 Å². The topological polar surface area (TPSA) is 68.3 Å². The van der Waals surface area contributed by atoms with Crippen LogP contribution in [0.4, 0.5) is 5.69 Å². The lowest BCUT2D eigenvalue weighted by molar-refractivity contribution is -0.142. The summed E-state index contributed by atoms with van der Waals surface area (Å²) < 4.78 is 16.0. The van der Waals surface area contributed by atoms with Crippen LogP contribution in [0.1, 0.15) is 31.4 Å². The van der Waals surface area contributed by atoms with E-state index in [0.717, 1.165) is 36.4 Å². The molecule has 2 aromatic carbocycles. The number of nitrogens with zero attached hydrogens (tertiary/aromatic N) is 2. The Balaban J connectivity index is 1.80. The summed E-state index contributed by atoms with van der Waals surface area (Å²) in [6.07, 6.45) is 1.91. The molecule has 1 saturated heterocycles. The maximum Gasteiger partial charge on any atom is 0.326 e. The number of amides is 1. The highest BCUT2D eigenvalue weighted by Gasteiger charge is 2.32. The summed E-state index contributed by atoms with van der Waals surface area (Å²) in [4.78, 5) is 29.1. The lowest BCUT2D eigenvalue weighted by Gasteiger charge is -2.29. The van der Waals surface area contributed by atoms with E-state index in [1.165, 1.54) is 4.90 Å². The zero-order chi connectivity index (χ0) is 22.2. The van der Waals surface area contributed by atoms with Crippen LogP contribution in [0.3, 0.4) is 0 Å². The Morgan fingerprint density at radius 3 is 2.55 bits per heavy atom. The number of hydrogen-bond acceptors (Lipinski definition) is 6. The van der Waals surface area contributed by atoms with Crippen molar-refractivity contribution in [1.29, 1.82) is 0 Å². The van der Waals surface area contributed by atoms with Gasteiger partial charge in [0.25, 0.3) is 0 Å². The monoisotopic (exact) mass is 426 g/mol. The number of carbonyl (C=O) groups excluding carboxylic acids is 2. The molecule has 0 bridgehead atoms. The van der Waals surface area contributed by atoms with Crippen LogP contribution in [0.2, 0.25) is 0 Å². The molecule has 2 aromatic rings. The fraction of sp³-hybridized carbons (Fsp3) is 0.417.